The van der Waals surface area contributed by atoms with Crippen LogP contribution in [-0.4, -0.2) is 51.9 Å². The van der Waals surface area contributed by atoms with Gasteiger partial charge >= 0.3 is 0 Å². The van der Waals surface area contributed by atoms with Crippen LogP contribution in [0.25, 0.3) is 0 Å². The molecular formula is C16H20N4OS. The van der Waals surface area contributed by atoms with Crippen molar-refractivity contribution >= 4 is 17.2 Å². The molecule has 0 saturated carbocycles. The van der Waals surface area contributed by atoms with Gasteiger partial charge in [0.1, 0.15) is 0 Å². The molecule has 0 atom stereocenters. The lowest BCUT2D eigenvalue weighted by molar-refractivity contribution is 0.0760. The molecule has 0 unspecified atom stereocenters. The van der Waals surface area contributed by atoms with Gasteiger partial charge in [0.25, 0.3) is 5.91 Å². The van der Waals surface area contributed by atoms with Crippen LogP contribution in [0.3, 0.4) is 0 Å². The topological polar surface area (TPSA) is 49.3 Å². The first-order chi connectivity index (χ1) is 10.7. The Morgan fingerprint density at radius 3 is 2.86 bits per heavy atom. The van der Waals surface area contributed by atoms with Crippen molar-refractivity contribution in [3.8, 4) is 0 Å². The van der Waals surface area contributed by atoms with E-state index in [2.05, 4.69) is 20.2 Å². The van der Waals surface area contributed by atoms with Gasteiger partial charge in [-0.15, -0.1) is 11.3 Å². The standard InChI is InChI=1S/C16H20N4OS/c1-13-3-4-14(9-17-13)16(21)20-6-2-5-19(7-8-20)10-15-11-22-12-18-15/h3-4,9,11-12H,2,5-8,10H2,1H3. The van der Waals surface area contributed by atoms with E-state index in [4.69, 9.17) is 0 Å². The number of thiazole rings is 1. The van der Waals surface area contributed by atoms with E-state index in [1.54, 1.807) is 17.5 Å². The molecule has 0 N–H and O–H groups in total. The number of hydrogen-bond donors (Lipinski definition) is 0. The van der Waals surface area contributed by atoms with E-state index in [9.17, 15) is 4.79 Å². The molecule has 3 heterocycles. The number of nitrogens with zero attached hydrogens (tertiary/aromatic N) is 4. The molecule has 22 heavy (non-hydrogen) atoms. The van der Waals surface area contributed by atoms with Gasteiger partial charge in [-0.25, -0.2) is 4.98 Å². The Morgan fingerprint density at radius 2 is 2.14 bits per heavy atom. The number of pyridine rings is 1. The third kappa shape index (κ3) is 3.69. The zero-order valence-corrected chi connectivity index (χ0v) is 13.6. The minimum absolute atomic E-state index is 0.0861. The second-order valence-electron chi connectivity index (χ2n) is 5.59. The quantitative estimate of drug-likeness (QED) is 0.871. The number of carbonyl (C=O) groups is 1. The fourth-order valence-corrected chi connectivity index (χ4v) is 3.20. The summed E-state index contributed by atoms with van der Waals surface area (Å²) in [6.45, 7) is 6.27. The fourth-order valence-electron chi connectivity index (χ4n) is 2.65. The first-order valence-electron chi connectivity index (χ1n) is 7.54. The third-order valence-electron chi connectivity index (χ3n) is 3.90. The summed E-state index contributed by atoms with van der Waals surface area (Å²) in [4.78, 5) is 25.4. The SMILES string of the molecule is Cc1ccc(C(=O)N2CCCN(Cc3cscn3)CC2)cn1. The number of amides is 1. The maximum absolute atomic E-state index is 12.5. The summed E-state index contributed by atoms with van der Waals surface area (Å²) in [7, 11) is 0. The lowest BCUT2D eigenvalue weighted by Crippen LogP contribution is -2.35. The Morgan fingerprint density at radius 1 is 1.23 bits per heavy atom. The molecule has 6 heteroatoms. The predicted octanol–water partition coefficient (Wildman–Crippen LogP) is 2.19. The van der Waals surface area contributed by atoms with Gasteiger partial charge in [0.2, 0.25) is 0 Å². The number of aromatic nitrogens is 2. The fraction of sp³-hybridized carbons (Fsp3) is 0.438. The number of aryl methyl sites for hydroxylation is 1. The van der Waals surface area contributed by atoms with E-state index in [1.165, 1.54) is 0 Å². The largest absolute Gasteiger partial charge is 0.337 e. The third-order valence-corrected chi connectivity index (χ3v) is 4.54. The minimum Gasteiger partial charge on any atom is -0.337 e. The summed E-state index contributed by atoms with van der Waals surface area (Å²) in [6, 6.07) is 3.75. The van der Waals surface area contributed by atoms with Gasteiger partial charge in [-0.05, 0) is 25.5 Å². The summed E-state index contributed by atoms with van der Waals surface area (Å²) in [5.74, 6) is 0.0861. The molecule has 0 aliphatic carbocycles. The molecule has 0 aromatic carbocycles. The van der Waals surface area contributed by atoms with Crippen molar-refractivity contribution in [2.45, 2.75) is 19.9 Å². The van der Waals surface area contributed by atoms with Crippen molar-refractivity contribution in [2.24, 2.45) is 0 Å². The molecule has 0 spiro atoms. The van der Waals surface area contributed by atoms with E-state index in [0.29, 0.717) is 5.56 Å². The Bertz CT molecular complexity index is 612. The molecule has 1 fully saturated rings. The van der Waals surface area contributed by atoms with Crippen molar-refractivity contribution in [3.05, 3.63) is 46.2 Å². The average Bonchev–Trinajstić information content (AvgIpc) is 2.92. The van der Waals surface area contributed by atoms with Crippen molar-refractivity contribution in [3.63, 3.8) is 0 Å². The van der Waals surface area contributed by atoms with Crippen molar-refractivity contribution in [1.29, 1.82) is 0 Å². The van der Waals surface area contributed by atoms with Crippen molar-refractivity contribution in [2.75, 3.05) is 26.2 Å². The maximum Gasteiger partial charge on any atom is 0.255 e. The van der Waals surface area contributed by atoms with Crippen LogP contribution in [0.5, 0.6) is 0 Å². The van der Waals surface area contributed by atoms with Crippen LogP contribution in [0.15, 0.2) is 29.2 Å². The van der Waals surface area contributed by atoms with Gasteiger partial charge in [-0.2, -0.15) is 0 Å². The van der Waals surface area contributed by atoms with Crippen molar-refractivity contribution in [1.82, 2.24) is 19.8 Å². The van der Waals surface area contributed by atoms with Crippen LogP contribution in [0.4, 0.5) is 0 Å². The number of carbonyl (C=O) groups excluding carboxylic acids is 1. The molecule has 1 amide bonds. The van der Waals surface area contributed by atoms with Crippen LogP contribution in [0.2, 0.25) is 0 Å². The molecule has 2 aromatic rings. The molecule has 2 aromatic heterocycles. The van der Waals surface area contributed by atoms with Gasteiger partial charge < -0.3 is 4.90 Å². The van der Waals surface area contributed by atoms with Crippen molar-refractivity contribution < 1.29 is 4.79 Å². The van der Waals surface area contributed by atoms with Crippen LogP contribution >= 0.6 is 11.3 Å². The summed E-state index contributed by atoms with van der Waals surface area (Å²) >= 11 is 1.63. The normalized spacial score (nSPS) is 16.5. The summed E-state index contributed by atoms with van der Waals surface area (Å²) < 4.78 is 0. The molecule has 0 radical (unpaired) electrons. The van der Waals surface area contributed by atoms with Gasteiger partial charge in [0.05, 0.1) is 16.8 Å². The second kappa shape index (κ2) is 6.98. The van der Waals surface area contributed by atoms with Crippen LogP contribution in [-0.2, 0) is 6.54 Å². The Balaban J connectivity index is 1.60. The summed E-state index contributed by atoms with van der Waals surface area (Å²) in [6.07, 6.45) is 2.67. The minimum atomic E-state index is 0.0861. The highest BCUT2D eigenvalue weighted by atomic mass is 32.1. The second-order valence-corrected chi connectivity index (χ2v) is 6.31. The number of hydrogen-bond acceptors (Lipinski definition) is 5. The van der Waals surface area contributed by atoms with Gasteiger partial charge in [0.15, 0.2) is 0 Å². The number of rotatable bonds is 3. The molecular weight excluding hydrogens is 296 g/mol. The molecule has 1 aliphatic rings. The Hall–Kier alpha value is -1.79. The highest BCUT2D eigenvalue weighted by molar-refractivity contribution is 7.07. The lowest BCUT2D eigenvalue weighted by atomic mass is 10.2. The van der Waals surface area contributed by atoms with E-state index in [1.807, 2.05) is 29.5 Å². The molecule has 0 bridgehead atoms. The predicted molar refractivity (Wildman–Crippen MR) is 86.9 cm³/mol. The zero-order valence-electron chi connectivity index (χ0n) is 12.7. The highest BCUT2D eigenvalue weighted by Crippen LogP contribution is 2.12. The highest BCUT2D eigenvalue weighted by Gasteiger charge is 2.20. The summed E-state index contributed by atoms with van der Waals surface area (Å²) in [5, 5.41) is 2.09. The molecule has 116 valence electrons. The van der Waals surface area contributed by atoms with E-state index in [-0.39, 0.29) is 5.91 Å². The first-order valence-corrected chi connectivity index (χ1v) is 8.48. The first kappa shape index (κ1) is 15.1. The van der Waals surface area contributed by atoms with E-state index in [0.717, 1.165) is 50.5 Å². The van der Waals surface area contributed by atoms with E-state index >= 15 is 0 Å². The van der Waals surface area contributed by atoms with Crippen LogP contribution in [0.1, 0.15) is 28.2 Å². The monoisotopic (exact) mass is 316 g/mol. The smallest absolute Gasteiger partial charge is 0.255 e. The zero-order chi connectivity index (χ0) is 15.4. The molecule has 1 saturated heterocycles. The molecule has 5 nitrogen and oxygen atoms in total. The van der Waals surface area contributed by atoms with E-state index < -0.39 is 0 Å². The maximum atomic E-state index is 12.5. The van der Waals surface area contributed by atoms with Crippen LogP contribution in [0, 0.1) is 6.92 Å². The Kier molecular flexibility index (Phi) is 4.80. The molecule has 1 aliphatic heterocycles. The van der Waals surface area contributed by atoms with Gasteiger partial charge in [-0.1, -0.05) is 0 Å². The van der Waals surface area contributed by atoms with Gasteiger partial charge in [-0.3, -0.25) is 14.7 Å². The van der Waals surface area contributed by atoms with Gasteiger partial charge in [0, 0.05) is 50.0 Å². The summed E-state index contributed by atoms with van der Waals surface area (Å²) in [5.41, 5.74) is 4.60. The lowest BCUT2D eigenvalue weighted by Gasteiger charge is -2.21. The van der Waals surface area contributed by atoms with Crippen LogP contribution < -0.4 is 0 Å². The Labute approximate surface area is 134 Å². The average molecular weight is 316 g/mol. The molecule has 3 rings (SSSR count).